The van der Waals surface area contributed by atoms with Crippen LogP contribution < -0.4 is 16.0 Å². The normalized spacial score (nSPS) is 9.36. The van der Waals surface area contributed by atoms with Crippen LogP contribution in [0.2, 0.25) is 0 Å². The van der Waals surface area contributed by atoms with Gasteiger partial charge in [0, 0.05) is 50.3 Å². The van der Waals surface area contributed by atoms with E-state index in [0.29, 0.717) is 0 Å². The van der Waals surface area contributed by atoms with E-state index in [9.17, 15) is 0 Å². The third-order valence-electron chi connectivity index (χ3n) is 8.60. The van der Waals surface area contributed by atoms with Gasteiger partial charge in [0.1, 0.15) is 0 Å². The molecule has 3 N–H and O–H groups in total. The van der Waals surface area contributed by atoms with Crippen molar-refractivity contribution in [3.05, 3.63) is 182 Å². The van der Waals surface area contributed by atoms with Gasteiger partial charge < -0.3 is 16.0 Å². The van der Waals surface area contributed by atoms with E-state index < -0.39 is 0 Å². The first-order valence-electron chi connectivity index (χ1n) is 21.9. The van der Waals surface area contributed by atoms with E-state index in [1.165, 1.54) is 21.5 Å². The summed E-state index contributed by atoms with van der Waals surface area (Å²) in [5, 5.41) is 15.9. The molecule has 308 valence electrons. The molecule has 8 aromatic carbocycles. The van der Waals surface area contributed by atoms with Gasteiger partial charge in [0.25, 0.3) is 0 Å². The SMILES string of the molecule is CC.CC.CC.CC.CC.CC.c1ccc(Nc2c(-c3ccccc3Nc3cccc(-c4cccc(Nc5cccc6ccccc56)c4)c3)ccc3ccccc23)cc1. The molecule has 0 spiro atoms. The third-order valence-corrected chi connectivity index (χ3v) is 8.60. The second-order valence-corrected chi connectivity index (χ2v) is 11.7. The van der Waals surface area contributed by atoms with E-state index in [2.05, 4.69) is 192 Å². The predicted molar refractivity (Wildman–Crippen MR) is 270 cm³/mol. The lowest BCUT2D eigenvalue weighted by molar-refractivity contribution is 1.50. The van der Waals surface area contributed by atoms with E-state index in [4.69, 9.17) is 0 Å². The molecule has 0 aliphatic heterocycles. The number of para-hydroxylation sites is 2. The zero-order chi connectivity index (χ0) is 43.4. The van der Waals surface area contributed by atoms with Gasteiger partial charge in [-0.2, -0.15) is 0 Å². The summed E-state index contributed by atoms with van der Waals surface area (Å²) in [7, 11) is 0. The minimum atomic E-state index is 1.03. The standard InChI is InChI=1S/C44H33N3.6C2H6/c1-2-18-35(19-3-1)47-44-39-23-7-5-14-32(39)27-28-41(44)40-24-8-9-25-43(40)46-37-21-11-17-34(30-37)33-16-10-20-36(29-33)45-42-26-12-15-31-13-4-6-22-38(31)42;6*1-2/h1-30,45-47H;6*1-2H3. The van der Waals surface area contributed by atoms with Crippen LogP contribution in [0.4, 0.5) is 34.1 Å². The van der Waals surface area contributed by atoms with Crippen molar-refractivity contribution in [1.29, 1.82) is 0 Å². The highest BCUT2D eigenvalue weighted by molar-refractivity contribution is 6.05. The number of rotatable bonds is 8. The Morgan fingerprint density at radius 3 is 1.31 bits per heavy atom. The largest absolute Gasteiger partial charge is 0.355 e. The van der Waals surface area contributed by atoms with Crippen molar-refractivity contribution in [2.24, 2.45) is 0 Å². The Kier molecular flexibility index (Phi) is 23.3. The maximum atomic E-state index is 3.75. The lowest BCUT2D eigenvalue weighted by atomic mass is 9.96. The summed E-state index contributed by atoms with van der Waals surface area (Å²) in [4.78, 5) is 0. The van der Waals surface area contributed by atoms with Gasteiger partial charge in [0.2, 0.25) is 0 Å². The predicted octanol–water partition coefficient (Wildman–Crippen LogP) is 18.7. The summed E-state index contributed by atoms with van der Waals surface area (Å²) in [6.45, 7) is 24.0. The van der Waals surface area contributed by atoms with Gasteiger partial charge in [-0.25, -0.2) is 0 Å². The van der Waals surface area contributed by atoms with Gasteiger partial charge in [-0.3, -0.25) is 0 Å². The molecule has 0 saturated heterocycles. The minimum absolute atomic E-state index is 1.03. The minimum Gasteiger partial charge on any atom is -0.355 e. The van der Waals surface area contributed by atoms with Crippen molar-refractivity contribution < 1.29 is 0 Å². The molecular formula is C56H69N3. The summed E-state index contributed by atoms with van der Waals surface area (Å²) in [5.41, 5.74) is 10.9. The number of benzene rings is 8. The van der Waals surface area contributed by atoms with Crippen LogP contribution in [0.25, 0.3) is 43.8 Å². The molecule has 8 aromatic rings. The molecule has 0 unspecified atom stereocenters. The molecule has 3 nitrogen and oxygen atoms in total. The molecule has 0 saturated carbocycles. The molecule has 59 heavy (non-hydrogen) atoms. The van der Waals surface area contributed by atoms with Crippen LogP contribution in [0.15, 0.2) is 182 Å². The average Bonchev–Trinajstić information content (AvgIpc) is 3.34. The third kappa shape index (κ3) is 13.4. The van der Waals surface area contributed by atoms with Crippen molar-refractivity contribution >= 4 is 55.7 Å². The molecule has 0 fully saturated rings. The summed E-state index contributed by atoms with van der Waals surface area (Å²) >= 11 is 0. The maximum absolute atomic E-state index is 3.75. The average molecular weight is 784 g/mol. The van der Waals surface area contributed by atoms with Crippen LogP contribution in [-0.4, -0.2) is 0 Å². The van der Waals surface area contributed by atoms with Crippen LogP contribution >= 0.6 is 0 Å². The molecule has 0 radical (unpaired) electrons. The first-order chi connectivity index (χ1) is 29.3. The molecule has 0 aliphatic carbocycles. The molecule has 0 aromatic heterocycles. The first kappa shape index (κ1) is 48.8. The molecule has 0 bridgehead atoms. The van der Waals surface area contributed by atoms with Crippen LogP contribution in [0, 0.1) is 0 Å². The highest BCUT2D eigenvalue weighted by Gasteiger charge is 2.14. The summed E-state index contributed by atoms with van der Waals surface area (Å²) in [6.07, 6.45) is 0. The Labute approximate surface area is 357 Å². The fraction of sp³-hybridized carbons (Fsp3) is 0.214. The Hall–Kier alpha value is -6.32. The van der Waals surface area contributed by atoms with Crippen molar-refractivity contribution in [3.63, 3.8) is 0 Å². The summed E-state index contributed by atoms with van der Waals surface area (Å²) < 4.78 is 0. The quantitative estimate of drug-likeness (QED) is 0.144. The lowest BCUT2D eigenvalue weighted by Crippen LogP contribution is -1.98. The van der Waals surface area contributed by atoms with E-state index in [1.54, 1.807) is 0 Å². The second kappa shape index (κ2) is 28.1. The highest BCUT2D eigenvalue weighted by Crippen LogP contribution is 2.41. The van der Waals surface area contributed by atoms with Crippen LogP contribution in [0.5, 0.6) is 0 Å². The fourth-order valence-electron chi connectivity index (χ4n) is 6.32. The van der Waals surface area contributed by atoms with Gasteiger partial charge in [-0.05, 0) is 70.4 Å². The topological polar surface area (TPSA) is 36.1 Å². The Balaban J connectivity index is 0.000000921. The van der Waals surface area contributed by atoms with Gasteiger partial charge in [-0.15, -0.1) is 0 Å². The van der Waals surface area contributed by atoms with Gasteiger partial charge in [0.05, 0.1) is 5.69 Å². The van der Waals surface area contributed by atoms with E-state index in [-0.39, 0.29) is 0 Å². The Morgan fingerprint density at radius 1 is 0.271 bits per heavy atom. The zero-order valence-corrected chi connectivity index (χ0v) is 37.8. The van der Waals surface area contributed by atoms with E-state index in [0.717, 1.165) is 56.4 Å². The Bertz CT molecular complexity index is 2340. The number of anilines is 6. The lowest BCUT2D eigenvalue weighted by Gasteiger charge is -2.19. The van der Waals surface area contributed by atoms with Crippen molar-refractivity contribution in [2.45, 2.75) is 83.1 Å². The molecule has 0 atom stereocenters. The van der Waals surface area contributed by atoms with Crippen LogP contribution in [0.3, 0.4) is 0 Å². The van der Waals surface area contributed by atoms with E-state index >= 15 is 0 Å². The molecule has 8 rings (SSSR count). The van der Waals surface area contributed by atoms with Crippen LogP contribution in [-0.2, 0) is 0 Å². The van der Waals surface area contributed by atoms with Gasteiger partial charge >= 0.3 is 0 Å². The van der Waals surface area contributed by atoms with Gasteiger partial charge in [0.15, 0.2) is 0 Å². The van der Waals surface area contributed by atoms with Crippen molar-refractivity contribution in [1.82, 2.24) is 0 Å². The molecule has 3 heteroatoms. The molecular weight excluding hydrogens is 715 g/mol. The summed E-state index contributed by atoms with van der Waals surface area (Å²) in [6, 6.07) is 64.0. The fourth-order valence-corrected chi connectivity index (χ4v) is 6.32. The maximum Gasteiger partial charge on any atom is 0.0544 e. The van der Waals surface area contributed by atoms with Gasteiger partial charge in [-0.1, -0.05) is 217 Å². The number of fused-ring (bicyclic) bond motifs is 2. The first-order valence-corrected chi connectivity index (χ1v) is 21.9. The van der Waals surface area contributed by atoms with E-state index in [1.807, 2.05) is 89.2 Å². The summed E-state index contributed by atoms with van der Waals surface area (Å²) in [5.74, 6) is 0. The van der Waals surface area contributed by atoms with Crippen LogP contribution in [0.1, 0.15) is 83.1 Å². The monoisotopic (exact) mass is 784 g/mol. The molecule has 0 amide bonds. The number of nitrogens with one attached hydrogen (secondary N) is 3. The number of hydrogen-bond acceptors (Lipinski definition) is 3. The van der Waals surface area contributed by atoms with Crippen molar-refractivity contribution in [3.8, 4) is 22.3 Å². The second-order valence-electron chi connectivity index (χ2n) is 11.7. The highest BCUT2D eigenvalue weighted by atomic mass is 14.9. The molecule has 0 aliphatic rings. The zero-order valence-electron chi connectivity index (χ0n) is 37.8. The molecule has 0 heterocycles. The smallest absolute Gasteiger partial charge is 0.0544 e. The number of hydrogen-bond donors (Lipinski definition) is 3. The Morgan fingerprint density at radius 2 is 0.695 bits per heavy atom. The van der Waals surface area contributed by atoms with Crippen molar-refractivity contribution in [2.75, 3.05) is 16.0 Å².